The number of benzene rings is 2. The van der Waals surface area contributed by atoms with Crippen molar-refractivity contribution in [2.24, 2.45) is 0 Å². The second kappa shape index (κ2) is 7.70. The van der Waals surface area contributed by atoms with Crippen molar-refractivity contribution in [3.63, 3.8) is 0 Å². The van der Waals surface area contributed by atoms with Gasteiger partial charge in [-0.1, -0.05) is 37.3 Å². The lowest BCUT2D eigenvalue weighted by molar-refractivity contribution is 0.397. The molecule has 0 spiro atoms. The molecule has 0 bridgehead atoms. The lowest BCUT2D eigenvalue weighted by Gasteiger charge is -2.13. The summed E-state index contributed by atoms with van der Waals surface area (Å²) < 4.78 is 10.9. The maximum atomic E-state index is 5.46. The maximum absolute atomic E-state index is 5.46. The molecule has 2 aromatic rings. The van der Waals surface area contributed by atoms with E-state index in [1.165, 1.54) is 5.56 Å². The van der Waals surface area contributed by atoms with Crippen LogP contribution >= 0.6 is 0 Å². The van der Waals surface area contributed by atoms with E-state index in [2.05, 4.69) is 36.5 Å². The first-order valence-corrected chi connectivity index (χ1v) is 7.31. The summed E-state index contributed by atoms with van der Waals surface area (Å²) in [6.07, 6.45) is 1.15. The highest BCUT2D eigenvalue weighted by Crippen LogP contribution is 2.38. The Hall–Kier alpha value is -2.00. The summed E-state index contributed by atoms with van der Waals surface area (Å²) in [5.41, 5.74) is 3.38. The minimum atomic E-state index is 0.825. The molecule has 2 aromatic carbocycles. The van der Waals surface area contributed by atoms with Gasteiger partial charge in [-0.15, -0.1) is 0 Å². The number of methoxy groups -OCH3 is 2. The summed E-state index contributed by atoms with van der Waals surface area (Å²) in [6.45, 7) is 4.11. The first-order valence-electron chi connectivity index (χ1n) is 7.31. The Balaban J connectivity index is 2.26. The Morgan fingerprint density at radius 1 is 0.905 bits per heavy atom. The predicted molar refractivity (Wildman–Crippen MR) is 87.0 cm³/mol. The molecule has 3 nitrogen and oxygen atoms in total. The van der Waals surface area contributed by atoms with E-state index >= 15 is 0 Å². The van der Waals surface area contributed by atoms with Crippen molar-refractivity contribution in [1.82, 2.24) is 5.32 Å². The van der Waals surface area contributed by atoms with Gasteiger partial charge in [0.2, 0.25) is 0 Å². The molecule has 3 heteroatoms. The Kier molecular flexibility index (Phi) is 5.64. The van der Waals surface area contributed by atoms with Crippen LogP contribution in [0.2, 0.25) is 0 Å². The van der Waals surface area contributed by atoms with Crippen LogP contribution in [0.15, 0.2) is 42.5 Å². The second-order valence-corrected chi connectivity index (χ2v) is 4.91. The zero-order valence-corrected chi connectivity index (χ0v) is 13.0. The standard InChI is InChI=1S/C18H23NO2/c1-4-12-19-13-14-8-10-15(11-9-14)18-16(20-2)6-5-7-17(18)21-3/h5-11,19H,4,12-13H2,1-3H3. The molecule has 0 unspecified atom stereocenters. The molecule has 0 aliphatic carbocycles. The van der Waals surface area contributed by atoms with Gasteiger partial charge in [0.05, 0.1) is 19.8 Å². The summed E-state index contributed by atoms with van der Waals surface area (Å²) in [7, 11) is 3.36. The van der Waals surface area contributed by atoms with Crippen LogP contribution in [0, 0.1) is 0 Å². The molecule has 0 aliphatic heterocycles. The third kappa shape index (κ3) is 3.76. The molecule has 112 valence electrons. The van der Waals surface area contributed by atoms with E-state index in [1.54, 1.807) is 14.2 Å². The van der Waals surface area contributed by atoms with E-state index in [9.17, 15) is 0 Å². The molecule has 0 saturated carbocycles. The molecule has 21 heavy (non-hydrogen) atoms. The van der Waals surface area contributed by atoms with E-state index < -0.39 is 0 Å². The Morgan fingerprint density at radius 2 is 1.52 bits per heavy atom. The van der Waals surface area contributed by atoms with Crippen LogP contribution in [-0.2, 0) is 6.54 Å². The summed E-state index contributed by atoms with van der Waals surface area (Å²) in [6, 6.07) is 14.4. The first kappa shape index (κ1) is 15.4. The van der Waals surface area contributed by atoms with Crippen LogP contribution in [0.1, 0.15) is 18.9 Å². The Bertz CT molecular complexity index is 542. The van der Waals surface area contributed by atoms with Crippen molar-refractivity contribution >= 4 is 0 Å². The topological polar surface area (TPSA) is 30.5 Å². The lowest BCUT2D eigenvalue weighted by Crippen LogP contribution is -2.13. The highest BCUT2D eigenvalue weighted by Gasteiger charge is 2.11. The lowest BCUT2D eigenvalue weighted by atomic mass is 10.0. The van der Waals surface area contributed by atoms with Gasteiger partial charge in [-0.2, -0.15) is 0 Å². The fourth-order valence-corrected chi connectivity index (χ4v) is 2.33. The highest BCUT2D eigenvalue weighted by atomic mass is 16.5. The third-order valence-corrected chi connectivity index (χ3v) is 3.43. The van der Waals surface area contributed by atoms with E-state index in [0.29, 0.717) is 0 Å². The van der Waals surface area contributed by atoms with E-state index in [-0.39, 0.29) is 0 Å². The average Bonchev–Trinajstić information content (AvgIpc) is 2.55. The van der Waals surface area contributed by atoms with Gasteiger partial charge < -0.3 is 14.8 Å². The van der Waals surface area contributed by atoms with Crippen LogP contribution < -0.4 is 14.8 Å². The van der Waals surface area contributed by atoms with Gasteiger partial charge in [-0.05, 0) is 36.2 Å². The normalized spacial score (nSPS) is 10.4. The molecule has 1 N–H and O–H groups in total. The summed E-state index contributed by atoms with van der Waals surface area (Å²) in [5, 5.41) is 3.41. The minimum absolute atomic E-state index is 0.825. The smallest absolute Gasteiger partial charge is 0.130 e. The van der Waals surface area contributed by atoms with Crippen LogP contribution in [-0.4, -0.2) is 20.8 Å². The molecule has 0 aliphatic rings. The van der Waals surface area contributed by atoms with Crippen molar-refractivity contribution in [2.45, 2.75) is 19.9 Å². The van der Waals surface area contributed by atoms with E-state index in [4.69, 9.17) is 9.47 Å². The molecule has 0 heterocycles. The summed E-state index contributed by atoms with van der Waals surface area (Å²) in [4.78, 5) is 0. The van der Waals surface area contributed by atoms with Gasteiger partial charge in [0.25, 0.3) is 0 Å². The number of hydrogen-bond donors (Lipinski definition) is 1. The maximum Gasteiger partial charge on any atom is 0.130 e. The van der Waals surface area contributed by atoms with E-state index in [0.717, 1.165) is 42.1 Å². The van der Waals surface area contributed by atoms with Gasteiger partial charge in [-0.3, -0.25) is 0 Å². The van der Waals surface area contributed by atoms with Crippen molar-refractivity contribution in [3.8, 4) is 22.6 Å². The average molecular weight is 285 g/mol. The second-order valence-electron chi connectivity index (χ2n) is 4.91. The fourth-order valence-electron chi connectivity index (χ4n) is 2.33. The summed E-state index contributed by atoms with van der Waals surface area (Å²) >= 11 is 0. The molecule has 0 atom stereocenters. The molecular formula is C18H23NO2. The third-order valence-electron chi connectivity index (χ3n) is 3.43. The number of rotatable bonds is 7. The van der Waals surface area contributed by atoms with E-state index in [1.807, 2.05) is 18.2 Å². The zero-order valence-electron chi connectivity index (χ0n) is 13.0. The van der Waals surface area contributed by atoms with Crippen LogP contribution in [0.25, 0.3) is 11.1 Å². The largest absolute Gasteiger partial charge is 0.496 e. The zero-order chi connectivity index (χ0) is 15.1. The predicted octanol–water partition coefficient (Wildman–Crippen LogP) is 3.87. The number of nitrogens with one attached hydrogen (secondary N) is 1. The molecule has 0 aromatic heterocycles. The molecule has 0 radical (unpaired) electrons. The molecule has 0 fully saturated rings. The SMILES string of the molecule is CCCNCc1ccc(-c2c(OC)cccc2OC)cc1. The van der Waals surface area contributed by atoms with Gasteiger partial charge in [0.1, 0.15) is 11.5 Å². The number of hydrogen-bond acceptors (Lipinski definition) is 3. The van der Waals surface area contributed by atoms with Crippen LogP contribution in [0.3, 0.4) is 0 Å². The summed E-state index contributed by atoms with van der Waals surface area (Å²) in [5.74, 6) is 1.65. The Labute approximate surface area is 126 Å². The molecule has 0 amide bonds. The van der Waals surface area contributed by atoms with Crippen molar-refractivity contribution in [1.29, 1.82) is 0 Å². The molecular weight excluding hydrogens is 262 g/mol. The molecule has 2 rings (SSSR count). The van der Waals surface area contributed by atoms with Crippen molar-refractivity contribution < 1.29 is 9.47 Å². The van der Waals surface area contributed by atoms with Crippen molar-refractivity contribution in [3.05, 3.63) is 48.0 Å². The van der Waals surface area contributed by atoms with Gasteiger partial charge in [0, 0.05) is 6.54 Å². The molecule has 0 saturated heterocycles. The van der Waals surface area contributed by atoms with Gasteiger partial charge >= 0.3 is 0 Å². The van der Waals surface area contributed by atoms with Gasteiger partial charge in [0.15, 0.2) is 0 Å². The minimum Gasteiger partial charge on any atom is -0.496 e. The fraction of sp³-hybridized carbons (Fsp3) is 0.333. The van der Waals surface area contributed by atoms with Crippen LogP contribution in [0.4, 0.5) is 0 Å². The Morgan fingerprint density at radius 3 is 2.05 bits per heavy atom. The van der Waals surface area contributed by atoms with Crippen molar-refractivity contribution in [2.75, 3.05) is 20.8 Å². The quantitative estimate of drug-likeness (QED) is 0.783. The van der Waals surface area contributed by atoms with Crippen LogP contribution in [0.5, 0.6) is 11.5 Å². The number of ether oxygens (including phenoxy) is 2. The first-order chi connectivity index (χ1) is 10.3. The van der Waals surface area contributed by atoms with Gasteiger partial charge in [-0.25, -0.2) is 0 Å². The highest BCUT2D eigenvalue weighted by molar-refractivity contribution is 5.77. The monoisotopic (exact) mass is 285 g/mol.